The Morgan fingerprint density at radius 3 is 1.89 bits per heavy atom. The zero-order valence-electron chi connectivity index (χ0n) is 8.74. The largest absolute Gasteiger partial charge is 0.416 e. The maximum absolute atomic E-state index is 13.4. The Hall–Kier alpha value is -0.730. The summed E-state index contributed by atoms with van der Waals surface area (Å²) in [4.78, 5) is 0. The monoisotopic (exact) mass is 331 g/mol. The molecule has 0 unspecified atom stereocenters. The molecule has 0 spiro atoms. The Morgan fingerprint density at radius 1 is 1.05 bits per heavy atom. The molecule has 0 saturated carbocycles. The van der Waals surface area contributed by atoms with Gasteiger partial charge in [-0.3, -0.25) is 0 Å². The van der Waals surface area contributed by atoms with Crippen molar-refractivity contribution in [2.45, 2.75) is 18.4 Å². The standard InChI is InChI=1S/C9H5ClF7N.ClH/c10-4-2-1-3(8(12,13)14)5(6(4)11)7(18)9(15,16)17;/h1-2,7H,18H2;1H/t7-;/m0./s1. The first kappa shape index (κ1) is 18.3. The molecule has 0 aliphatic carbocycles. The highest BCUT2D eigenvalue weighted by Gasteiger charge is 2.45. The smallest absolute Gasteiger partial charge is 0.316 e. The minimum absolute atomic E-state index is 0. The maximum atomic E-state index is 13.4. The van der Waals surface area contributed by atoms with Crippen molar-refractivity contribution in [1.29, 1.82) is 0 Å². The van der Waals surface area contributed by atoms with Crippen LogP contribution in [0.2, 0.25) is 5.02 Å². The number of rotatable bonds is 1. The Bertz CT molecular complexity index is 455. The van der Waals surface area contributed by atoms with Crippen LogP contribution in [0.5, 0.6) is 0 Å². The van der Waals surface area contributed by atoms with Crippen LogP contribution >= 0.6 is 24.0 Å². The molecule has 1 nitrogen and oxygen atoms in total. The average Bonchev–Trinajstić information content (AvgIpc) is 2.17. The first-order chi connectivity index (χ1) is 7.96. The molecule has 0 aromatic heterocycles. The van der Waals surface area contributed by atoms with Gasteiger partial charge in [-0.15, -0.1) is 12.4 Å². The highest BCUT2D eigenvalue weighted by molar-refractivity contribution is 6.30. The lowest BCUT2D eigenvalue weighted by molar-refractivity contribution is -0.156. The Morgan fingerprint density at radius 2 is 1.53 bits per heavy atom. The molecular weight excluding hydrogens is 326 g/mol. The molecule has 110 valence electrons. The summed E-state index contributed by atoms with van der Waals surface area (Å²) in [5.74, 6) is -1.82. The zero-order valence-corrected chi connectivity index (χ0v) is 10.3. The number of nitrogens with two attached hydrogens (primary N) is 1. The van der Waals surface area contributed by atoms with E-state index in [1.165, 1.54) is 0 Å². The van der Waals surface area contributed by atoms with Crippen molar-refractivity contribution in [1.82, 2.24) is 0 Å². The number of alkyl halides is 6. The van der Waals surface area contributed by atoms with Gasteiger partial charge in [-0.05, 0) is 12.1 Å². The summed E-state index contributed by atoms with van der Waals surface area (Å²) in [6, 6.07) is -2.33. The fourth-order valence-corrected chi connectivity index (χ4v) is 1.45. The number of hydrogen-bond donors (Lipinski definition) is 1. The van der Waals surface area contributed by atoms with Crippen LogP contribution in [0.25, 0.3) is 0 Å². The minimum atomic E-state index is -5.22. The second kappa shape index (κ2) is 5.72. The second-order valence-corrected chi connectivity index (χ2v) is 3.75. The van der Waals surface area contributed by atoms with Crippen molar-refractivity contribution in [3.63, 3.8) is 0 Å². The molecule has 0 aliphatic rings. The van der Waals surface area contributed by atoms with Crippen LogP contribution in [0.4, 0.5) is 30.7 Å². The third kappa shape index (κ3) is 3.87. The third-order valence-electron chi connectivity index (χ3n) is 2.10. The molecule has 0 saturated heterocycles. The van der Waals surface area contributed by atoms with Gasteiger partial charge in [-0.25, -0.2) is 4.39 Å². The maximum Gasteiger partial charge on any atom is 0.416 e. The molecule has 10 heteroatoms. The molecule has 1 rings (SSSR count). The molecule has 1 aromatic carbocycles. The Kier molecular flexibility index (Phi) is 5.50. The quantitative estimate of drug-likeness (QED) is 0.754. The van der Waals surface area contributed by atoms with Crippen LogP contribution in [0, 0.1) is 5.82 Å². The molecule has 0 bridgehead atoms. The van der Waals surface area contributed by atoms with E-state index >= 15 is 0 Å². The van der Waals surface area contributed by atoms with Gasteiger partial charge in [0.2, 0.25) is 0 Å². The predicted molar refractivity (Wildman–Crippen MR) is 56.6 cm³/mol. The average molecular weight is 332 g/mol. The van der Waals surface area contributed by atoms with Gasteiger partial charge in [0.15, 0.2) is 0 Å². The van der Waals surface area contributed by atoms with Gasteiger partial charge < -0.3 is 5.73 Å². The van der Waals surface area contributed by atoms with E-state index in [2.05, 4.69) is 5.73 Å². The van der Waals surface area contributed by atoms with Gasteiger partial charge >= 0.3 is 12.4 Å². The van der Waals surface area contributed by atoms with E-state index in [1.807, 2.05) is 0 Å². The summed E-state index contributed by atoms with van der Waals surface area (Å²) >= 11 is 5.16. The van der Waals surface area contributed by atoms with E-state index in [0.717, 1.165) is 0 Å². The predicted octanol–water partition coefficient (Wildman–Crippen LogP) is 4.48. The van der Waals surface area contributed by atoms with E-state index in [4.69, 9.17) is 11.6 Å². The summed E-state index contributed by atoms with van der Waals surface area (Å²) in [7, 11) is 0. The molecule has 0 amide bonds. The highest BCUT2D eigenvalue weighted by atomic mass is 35.5. The number of benzene rings is 1. The van der Waals surface area contributed by atoms with E-state index in [1.54, 1.807) is 0 Å². The van der Waals surface area contributed by atoms with Gasteiger partial charge in [-0.2, -0.15) is 26.3 Å². The topological polar surface area (TPSA) is 26.0 Å². The lowest BCUT2D eigenvalue weighted by Crippen LogP contribution is -2.31. The molecular formula is C9H6Cl2F7N. The normalized spacial score (nSPS) is 13.9. The SMILES string of the molecule is Cl.N[C@@H](c1c(C(F)(F)F)ccc(Cl)c1F)C(F)(F)F. The van der Waals surface area contributed by atoms with Crippen molar-refractivity contribution >= 4 is 24.0 Å². The molecule has 2 N–H and O–H groups in total. The second-order valence-electron chi connectivity index (χ2n) is 3.34. The van der Waals surface area contributed by atoms with Crippen LogP contribution in [-0.2, 0) is 6.18 Å². The van der Waals surface area contributed by atoms with E-state index < -0.39 is 40.4 Å². The van der Waals surface area contributed by atoms with Crippen LogP contribution in [0.3, 0.4) is 0 Å². The first-order valence-electron chi connectivity index (χ1n) is 4.33. The van der Waals surface area contributed by atoms with Crippen molar-refractivity contribution < 1.29 is 30.7 Å². The van der Waals surface area contributed by atoms with Crippen molar-refractivity contribution in [2.24, 2.45) is 5.73 Å². The lowest BCUT2D eigenvalue weighted by atomic mass is 9.99. The van der Waals surface area contributed by atoms with E-state index in [-0.39, 0.29) is 18.5 Å². The molecule has 0 radical (unpaired) electrons. The van der Waals surface area contributed by atoms with Gasteiger partial charge in [0.1, 0.15) is 11.9 Å². The fourth-order valence-electron chi connectivity index (χ4n) is 1.28. The minimum Gasteiger partial charge on any atom is -0.316 e. The number of hydrogen-bond acceptors (Lipinski definition) is 1. The summed E-state index contributed by atoms with van der Waals surface area (Å²) in [5.41, 5.74) is 1.11. The highest BCUT2D eigenvalue weighted by Crippen LogP contribution is 2.41. The van der Waals surface area contributed by atoms with Crippen LogP contribution in [-0.4, -0.2) is 6.18 Å². The number of halogens is 9. The van der Waals surface area contributed by atoms with Crippen LogP contribution in [0.1, 0.15) is 17.2 Å². The summed E-state index contributed by atoms with van der Waals surface area (Å²) in [5, 5.41) is -0.863. The molecule has 0 fully saturated rings. The third-order valence-corrected chi connectivity index (χ3v) is 2.39. The first-order valence-corrected chi connectivity index (χ1v) is 4.71. The van der Waals surface area contributed by atoms with Crippen molar-refractivity contribution in [3.8, 4) is 0 Å². The lowest BCUT2D eigenvalue weighted by Gasteiger charge is -2.21. The van der Waals surface area contributed by atoms with Crippen LogP contribution < -0.4 is 5.73 Å². The molecule has 19 heavy (non-hydrogen) atoms. The molecule has 1 aromatic rings. The van der Waals surface area contributed by atoms with Gasteiger partial charge in [0, 0.05) is 5.56 Å². The van der Waals surface area contributed by atoms with E-state index in [0.29, 0.717) is 6.07 Å². The summed E-state index contributed by atoms with van der Waals surface area (Å²) in [6.07, 6.45) is -10.4. The van der Waals surface area contributed by atoms with Crippen molar-refractivity contribution in [3.05, 3.63) is 34.1 Å². The zero-order chi connectivity index (χ0) is 14.3. The van der Waals surface area contributed by atoms with Crippen LogP contribution in [0.15, 0.2) is 12.1 Å². The van der Waals surface area contributed by atoms with E-state index in [9.17, 15) is 30.7 Å². The fraction of sp³-hybridized carbons (Fsp3) is 0.333. The Balaban J connectivity index is 0.00000324. The van der Waals surface area contributed by atoms with Gasteiger partial charge in [0.25, 0.3) is 0 Å². The Labute approximate surface area is 113 Å². The molecule has 0 aliphatic heterocycles. The summed E-state index contributed by atoms with van der Waals surface area (Å²) in [6.45, 7) is 0. The van der Waals surface area contributed by atoms with Gasteiger partial charge in [-0.1, -0.05) is 11.6 Å². The summed E-state index contributed by atoms with van der Waals surface area (Å²) < 4.78 is 87.7. The molecule has 0 heterocycles. The molecule has 1 atom stereocenters. The van der Waals surface area contributed by atoms with Crippen molar-refractivity contribution in [2.75, 3.05) is 0 Å². The van der Waals surface area contributed by atoms with Gasteiger partial charge in [0.05, 0.1) is 10.6 Å².